The van der Waals surface area contributed by atoms with Crippen LogP contribution in [0.4, 0.5) is 0 Å². The van der Waals surface area contributed by atoms with Gasteiger partial charge in [0.15, 0.2) is 0 Å². The molecular formula is C11H7AlN2O. The zero-order valence-electron chi connectivity index (χ0n) is 8.19. The van der Waals surface area contributed by atoms with Crippen molar-refractivity contribution in [2.24, 2.45) is 0 Å². The summed E-state index contributed by atoms with van der Waals surface area (Å²) in [4.78, 5) is 4.37. The van der Waals surface area contributed by atoms with Gasteiger partial charge in [0.1, 0.15) is 11.3 Å². The number of benzene rings is 1. The lowest BCUT2D eigenvalue weighted by atomic mass is 10.1. The summed E-state index contributed by atoms with van der Waals surface area (Å²) < 4.78 is 5.13. The molecule has 2 radical (unpaired) electrons. The van der Waals surface area contributed by atoms with Gasteiger partial charge < -0.3 is 3.79 Å². The summed E-state index contributed by atoms with van der Waals surface area (Å²) in [5.74, 6) is 0.665. The van der Waals surface area contributed by atoms with Crippen LogP contribution in [0.15, 0.2) is 24.3 Å². The van der Waals surface area contributed by atoms with E-state index in [0.29, 0.717) is 11.3 Å². The van der Waals surface area contributed by atoms with Crippen molar-refractivity contribution in [1.29, 1.82) is 5.26 Å². The van der Waals surface area contributed by atoms with E-state index >= 15 is 0 Å². The van der Waals surface area contributed by atoms with Crippen LogP contribution >= 0.6 is 0 Å². The van der Waals surface area contributed by atoms with Crippen molar-refractivity contribution in [3.05, 3.63) is 35.5 Å². The van der Waals surface area contributed by atoms with Gasteiger partial charge >= 0.3 is 16.6 Å². The fourth-order valence-corrected chi connectivity index (χ4v) is 1.67. The van der Waals surface area contributed by atoms with E-state index in [-0.39, 0.29) is 0 Å². The number of nitrogens with zero attached hydrogens (tertiary/aromatic N) is 2. The molecule has 0 unspecified atom stereocenters. The molecule has 3 nitrogen and oxygen atoms in total. The first-order valence-electron chi connectivity index (χ1n) is 4.43. The number of aromatic nitrogens is 1. The van der Waals surface area contributed by atoms with Gasteiger partial charge in [-0.2, -0.15) is 5.26 Å². The lowest BCUT2D eigenvalue weighted by molar-refractivity contribution is 0.622. The second kappa shape index (κ2) is 3.90. The molecule has 0 spiro atoms. The monoisotopic (exact) mass is 210 g/mol. The minimum Gasteiger partial charge on any atom is -0.652 e. The van der Waals surface area contributed by atoms with E-state index in [1.807, 2.05) is 19.1 Å². The van der Waals surface area contributed by atoms with Gasteiger partial charge in [0, 0.05) is 11.1 Å². The highest BCUT2D eigenvalue weighted by Gasteiger charge is 2.06. The Kier molecular flexibility index (Phi) is 2.60. The average Bonchev–Trinajstić information content (AvgIpc) is 2.27. The Morgan fingerprint density at radius 2 is 2.13 bits per heavy atom. The Hall–Kier alpha value is -1.55. The highest BCUT2D eigenvalue weighted by atomic mass is 27.1. The summed E-state index contributed by atoms with van der Waals surface area (Å²) in [6, 6.07) is 9.40. The molecule has 15 heavy (non-hydrogen) atoms. The Labute approximate surface area is 96.1 Å². The number of fused-ring (bicyclic) bond motifs is 1. The van der Waals surface area contributed by atoms with Crippen LogP contribution in [-0.2, 0) is 0 Å². The number of rotatable bonds is 1. The molecule has 0 aliphatic carbocycles. The maximum absolute atomic E-state index is 8.94. The number of aryl methyl sites for hydroxylation is 1. The van der Waals surface area contributed by atoms with Gasteiger partial charge in [0.05, 0.1) is 11.6 Å². The molecule has 0 saturated carbocycles. The standard InChI is InChI=1S/C11H8N2O.Al/c1-7-2-4-9-8(6-12)3-5-10(14)11(9)13-7;/h2-5,14H,1H3;/q;+1/p-1. The third-order valence-corrected chi connectivity index (χ3v) is 2.46. The maximum Gasteiger partial charge on any atom is 0.482 e. The third-order valence-electron chi connectivity index (χ3n) is 2.21. The first-order chi connectivity index (χ1) is 7.26. The van der Waals surface area contributed by atoms with Crippen molar-refractivity contribution < 1.29 is 3.79 Å². The molecule has 70 valence electrons. The summed E-state index contributed by atoms with van der Waals surface area (Å²) in [6.07, 6.45) is 0. The number of hydrogen-bond acceptors (Lipinski definition) is 3. The zero-order valence-corrected chi connectivity index (χ0v) is 9.34. The van der Waals surface area contributed by atoms with E-state index in [1.165, 1.54) is 0 Å². The van der Waals surface area contributed by atoms with Crippen molar-refractivity contribution in [2.45, 2.75) is 6.92 Å². The normalized spacial score (nSPS) is 9.87. The van der Waals surface area contributed by atoms with Crippen molar-refractivity contribution >= 4 is 27.5 Å². The quantitative estimate of drug-likeness (QED) is 0.675. The fraction of sp³-hybridized carbons (Fsp3) is 0.0909. The molecule has 0 atom stereocenters. The van der Waals surface area contributed by atoms with Crippen LogP contribution in [0.3, 0.4) is 0 Å². The number of nitriles is 1. The van der Waals surface area contributed by atoms with Gasteiger partial charge in [0.2, 0.25) is 0 Å². The Morgan fingerprint density at radius 3 is 2.80 bits per heavy atom. The number of hydrogen-bond donors (Lipinski definition) is 0. The highest BCUT2D eigenvalue weighted by Crippen LogP contribution is 2.26. The Bertz CT molecular complexity index is 560. The van der Waals surface area contributed by atoms with Crippen molar-refractivity contribution in [1.82, 2.24) is 4.98 Å². The summed E-state index contributed by atoms with van der Waals surface area (Å²) in [5, 5.41) is 9.77. The molecule has 1 aromatic heterocycles. The van der Waals surface area contributed by atoms with Gasteiger partial charge in [-0.25, -0.2) is 4.98 Å². The van der Waals surface area contributed by atoms with Crippen molar-refractivity contribution in [2.75, 3.05) is 0 Å². The smallest absolute Gasteiger partial charge is 0.482 e. The predicted molar refractivity (Wildman–Crippen MR) is 57.6 cm³/mol. The third kappa shape index (κ3) is 1.68. The Morgan fingerprint density at radius 1 is 1.33 bits per heavy atom. The highest BCUT2D eigenvalue weighted by molar-refractivity contribution is 6.02. The van der Waals surface area contributed by atoms with Crippen LogP contribution < -0.4 is 3.79 Å². The van der Waals surface area contributed by atoms with E-state index < -0.39 is 0 Å². The lowest BCUT2D eigenvalue weighted by Crippen LogP contribution is -1.92. The van der Waals surface area contributed by atoms with Crippen LogP contribution in [0, 0.1) is 18.3 Å². The summed E-state index contributed by atoms with van der Waals surface area (Å²) in [5.41, 5.74) is 2.24. The predicted octanol–water partition coefficient (Wildman–Crippen LogP) is 1.88. The van der Waals surface area contributed by atoms with E-state index in [0.717, 1.165) is 16.6 Å². The maximum atomic E-state index is 8.94. The summed E-state index contributed by atoms with van der Waals surface area (Å²) >= 11 is 2.19. The molecule has 1 aromatic carbocycles. The van der Waals surface area contributed by atoms with Gasteiger partial charge in [-0.1, -0.05) is 0 Å². The number of pyridine rings is 1. The fourth-order valence-electron chi connectivity index (χ4n) is 1.48. The summed E-state index contributed by atoms with van der Waals surface area (Å²) in [6.45, 7) is 1.91. The van der Waals surface area contributed by atoms with Crippen molar-refractivity contribution in [3.8, 4) is 11.8 Å². The van der Waals surface area contributed by atoms with E-state index in [9.17, 15) is 0 Å². The minimum absolute atomic E-state index is 0.614. The molecule has 2 aromatic rings. The molecule has 2 rings (SSSR count). The molecule has 0 N–H and O–H groups in total. The molecule has 1 heterocycles. The SMILES string of the molecule is Cc1ccc2c(C#N)ccc([O][Al])c2n1. The van der Waals surface area contributed by atoms with E-state index in [4.69, 9.17) is 9.05 Å². The van der Waals surface area contributed by atoms with Crippen LogP contribution in [0.2, 0.25) is 0 Å². The summed E-state index contributed by atoms with van der Waals surface area (Å²) in [7, 11) is 0. The minimum atomic E-state index is 0.614. The average molecular weight is 210 g/mol. The van der Waals surface area contributed by atoms with E-state index in [2.05, 4.69) is 27.7 Å². The Balaban J connectivity index is 2.88. The van der Waals surface area contributed by atoms with Gasteiger partial charge in [-0.05, 0) is 31.2 Å². The second-order valence-electron chi connectivity index (χ2n) is 3.19. The van der Waals surface area contributed by atoms with Crippen LogP contribution in [0.5, 0.6) is 5.75 Å². The first-order valence-corrected chi connectivity index (χ1v) is 4.90. The van der Waals surface area contributed by atoms with Gasteiger partial charge in [-0.3, -0.25) is 0 Å². The molecule has 0 aliphatic rings. The van der Waals surface area contributed by atoms with Gasteiger partial charge in [-0.15, -0.1) is 0 Å². The van der Waals surface area contributed by atoms with Crippen molar-refractivity contribution in [3.63, 3.8) is 0 Å². The molecular weight excluding hydrogens is 203 g/mol. The van der Waals surface area contributed by atoms with Crippen LogP contribution in [-0.4, -0.2) is 21.6 Å². The first kappa shape index (κ1) is 9.99. The molecule has 0 aliphatic heterocycles. The molecule has 0 saturated heterocycles. The van der Waals surface area contributed by atoms with Crippen LogP contribution in [0.1, 0.15) is 11.3 Å². The lowest BCUT2D eigenvalue weighted by Gasteiger charge is -2.08. The second-order valence-corrected chi connectivity index (χ2v) is 3.43. The molecule has 4 heteroatoms. The largest absolute Gasteiger partial charge is 0.652 e. The zero-order chi connectivity index (χ0) is 10.8. The molecule has 0 amide bonds. The van der Waals surface area contributed by atoms with Crippen LogP contribution in [0.25, 0.3) is 10.9 Å². The molecule has 0 bridgehead atoms. The van der Waals surface area contributed by atoms with E-state index in [1.54, 1.807) is 12.1 Å². The topological polar surface area (TPSA) is 45.9 Å². The molecule has 0 fully saturated rings. The van der Waals surface area contributed by atoms with Gasteiger partial charge in [0.25, 0.3) is 0 Å².